The molecule has 0 radical (unpaired) electrons. The molecule has 0 aliphatic rings. The lowest BCUT2D eigenvalue weighted by Gasteiger charge is -2.04. The van der Waals surface area contributed by atoms with E-state index in [-0.39, 0.29) is 5.69 Å². The maximum absolute atomic E-state index is 8.85. The lowest BCUT2D eigenvalue weighted by molar-refractivity contribution is 1.11. The normalized spacial score (nSPS) is 10.1. The molecule has 0 saturated heterocycles. The molecule has 0 bridgehead atoms. The van der Waals surface area contributed by atoms with E-state index in [0.717, 1.165) is 4.90 Å². The Balaban J connectivity index is 2.31. The summed E-state index contributed by atoms with van der Waals surface area (Å²) in [6.45, 7) is 0. The van der Waals surface area contributed by atoms with E-state index in [9.17, 15) is 0 Å². The molecule has 0 atom stereocenters. The van der Waals surface area contributed by atoms with Crippen LogP contribution in [0.2, 0.25) is 10.0 Å². The molecule has 0 unspecified atom stereocenters. The van der Waals surface area contributed by atoms with Crippen LogP contribution in [0.3, 0.4) is 0 Å². The highest BCUT2D eigenvalue weighted by molar-refractivity contribution is 7.99. The fourth-order valence-electron chi connectivity index (χ4n) is 1.31. The summed E-state index contributed by atoms with van der Waals surface area (Å²) in [6.07, 6.45) is 0. The van der Waals surface area contributed by atoms with E-state index in [1.165, 1.54) is 11.8 Å². The van der Waals surface area contributed by atoms with Crippen LogP contribution in [0.15, 0.2) is 40.3 Å². The number of benzene rings is 1. The van der Waals surface area contributed by atoms with Gasteiger partial charge >= 0.3 is 0 Å². The lowest BCUT2D eigenvalue weighted by atomic mass is 10.3. The van der Waals surface area contributed by atoms with Crippen molar-refractivity contribution >= 4 is 40.7 Å². The Morgan fingerprint density at radius 3 is 2.44 bits per heavy atom. The molecule has 1 heterocycles. The van der Waals surface area contributed by atoms with E-state index in [4.69, 9.17) is 34.2 Å². The summed E-state index contributed by atoms with van der Waals surface area (Å²) in [4.78, 5) is 4.99. The van der Waals surface area contributed by atoms with Gasteiger partial charge in [-0.15, -0.1) is 0 Å². The van der Waals surface area contributed by atoms with E-state index < -0.39 is 0 Å². The van der Waals surface area contributed by atoms with Crippen LogP contribution >= 0.6 is 35.0 Å². The first kappa shape index (κ1) is 13.0. The summed E-state index contributed by atoms with van der Waals surface area (Å²) in [7, 11) is 0. The van der Waals surface area contributed by atoms with Crippen LogP contribution < -0.4 is 5.73 Å². The Hall–Kier alpha value is -1.41. The van der Waals surface area contributed by atoms with Crippen LogP contribution in [-0.2, 0) is 0 Å². The summed E-state index contributed by atoms with van der Waals surface area (Å²) in [5.41, 5.74) is 6.19. The van der Waals surface area contributed by atoms with Crippen molar-refractivity contribution < 1.29 is 0 Å². The molecule has 1 aromatic carbocycles. The minimum atomic E-state index is 0.216. The van der Waals surface area contributed by atoms with E-state index in [2.05, 4.69) is 4.98 Å². The van der Waals surface area contributed by atoms with Crippen LogP contribution in [-0.4, -0.2) is 4.98 Å². The van der Waals surface area contributed by atoms with Gasteiger partial charge < -0.3 is 5.73 Å². The maximum Gasteiger partial charge on any atom is 0.164 e. The van der Waals surface area contributed by atoms with Gasteiger partial charge in [0, 0.05) is 14.9 Å². The molecule has 0 spiro atoms. The molecule has 1 aromatic heterocycles. The minimum Gasteiger partial charge on any atom is -0.396 e. The highest BCUT2D eigenvalue weighted by Gasteiger charge is 2.05. The fraction of sp³-hybridized carbons (Fsp3) is 0. The van der Waals surface area contributed by atoms with E-state index in [1.54, 1.807) is 30.3 Å². The van der Waals surface area contributed by atoms with Crippen molar-refractivity contribution in [1.82, 2.24) is 4.98 Å². The molecule has 18 heavy (non-hydrogen) atoms. The first-order valence-corrected chi connectivity index (χ1v) is 6.46. The zero-order chi connectivity index (χ0) is 13.1. The van der Waals surface area contributed by atoms with Crippen LogP contribution in [0.25, 0.3) is 0 Å². The standard InChI is InChI=1S/C12H7Cl2N3S/c13-7-3-8(14)5-9(4-7)18-12-2-1-10(16)11(6-15)17-12/h1-5H,16H2. The van der Waals surface area contributed by atoms with Crippen molar-refractivity contribution in [3.05, 3.63) is 46.1 Å². The fourth-order valence-corrected chi connectivity index (χ4v) is 2.85. The molecule has 0 fully saturated rings. The summed E-state index contributed by atoms with van der Waals surface area (Å²) in [6, 6.07) is 10.6. The van der Waals surface area contributed by atoms with Crippen LogP contribution in [0.4, 0.5) is 5.69 Å². The number of hydrogen-bond acceptors (Lipinski definition) is 4. The van der Waals surface area contributed by atoms with Gasteiger partial charge in [-0.25, -0.2) is 4.98 Å². The van der Waals surface area contributed by atoms with E-state index in [1.807, 2.05) is 6.07 Å². The topological polar surface area (TPSA) is 62.7 Å². The molecule has 2 rings (SSSR count). The Bertz CT molecular complexity index is 617. The summed E-state index contributed by atoms with van der Waals surface area (Å²) < 4.78 is 0. The lowest BCUT2D eigenvalue weighted by Crippen LogP contribution is -1.94. The zero-order valence-electron chi connectivity index (χ0n) is 9.02. The van der Waals surface area contributed by atoms with Crippen molar-refractivity contribution in [1.29, 1.82) is 5.26 Å². The zero-order valence-corrected chi connectivity index (χ0v) is 11.4. The average molecular weight is 296 g/mol. The smallest absolute Gasteiger partial charge is 0.164 e. The van der Waals surface area contributed by atoms with Crippen molar-refractivity contribution in [3.8, 4) is 6.07 Å². The maximum atomic E-state index is 8.85. The number of hydrogen-bond donors (Lipinski definition) is 1. The second-order valence-corrected chi connectivity index (χ2v) is 5.37. The number of halogens is 2. The number of rotatable bonds is 2. The summed E-state index contributed by atoms with van der Waals surface area (Å²) in [5.74, 6) is 0. The molecular weight excluding hydrogens is 289 g/mol. The second-order valence-electron chi connectivity index (χ2n) is 3.41. The molecule has 6 heteroatoms. The van der Waals surface area contributed by atoms with Crippen molar-refractivity contribution in [2.75, 3.05) is 5.73 Å². The Morgan fingerprint density at radius 2 is 1.83 bits per heavy atom. The van der Waals surface area contributed by atoms with Gasteiger partial charge in [-0.2, -0.15) is 5.26 Å². The van der Waals surface area contributed by atoms with Crippen LogP contribution in [0.1, 0.15) is 5.69 Å². The average Bonchev–Trinajstić information content (AvgIpc) is 2.30. The predicted molar refractivity (Wildman–Crippen MR) is 73.9 cm³/mol. The third-order valence-corrected chi connectivity index (χ3v) is 3.41. The molecule has 3 nitrogen and oxygen atoms in total. The number of nitrogen functional groups attached to an aromatic ring is 1. The number of nitriles is 1. The molecule has 0 amide bonds. The minimum absolute atomic E-state index is 0.216. The second kappa shape index (κ2) is 5.49. The Morgan fingerprint density at radius 1 is 1.17 bits per heavy atom. The van der Waals surface area contributed by atoms with Crippen LogP contribution in [0, 0.1) is 11.3 Å². The van der Waals surface area contributed by atoms with Gasteiger partial charge in [0.2, 0.25) is 0 Å². The molecule has 2 N–H and O–H groups in total. The molecular formula is C12H7Cl2N3S. The SMILES string of the molecule is N#Cc1nc(Sc2cc(Cl)cc(Cl)c2)ccc1N. The van der Waals surface area contributed by atoms with Gasteiger partial charge in [0.1, 0.15) is 11.1 Å². The third-order valence-electron chi connectivity index (χ3n) is 2.07. The highest BCUT2D eigenvalue weighted by Crippen LogP contribution is 2.31. The number of pyridine rings is 1. The number of nitrogens with zero attached hydrogens (tertiary/aromatic N) is 2. The van der Waals surface area contributed by atoms with Crippen LogP contribution in [0.5, 0.6) is 0 Å². The van der Waals surface area contributed by atoms with Crippen molar-refractivity contribution in [2.45, 2.75) is 9.92 Å². The number of nitrogens with two attached hydrogens (primary N) is 1. The van der Waals surface area contributed by atoms with Gasteiger partial charge in [-0.05, 0) is 30.3 Å². The first-order chi connectivity index (χ1) is 8.58. The summed E-state index contributed by atoms with van der Waals surface area (Å²) in [5, 5.41) is 10.6. The predicted octanol–water partition coefficient (Wildman–Crippen LogP) is 3.99. The van der Waals surface area contributed by atoms with Gasteiger partial charge in [-0.3, -0.25) is 0 Å². The highest BCUT2D eigenvalue weighted by atomic mass is 35.5. The molecule has 0 saturated carbocycles. The quantitative estimate of drug-likeness (QED) is 0.910. The summed E-state index contributed by atoms with van der Waals surface area (Å²) >= 11 is 13.2. The van der Waals surface area contributed by atoms with E-state index in [0.29, 0.717) is 20.8 Å². The number of anilines is 1. The van der Waals surface area contributed by atoms with Crippen molar-refractivity contribution in [3.63, 3.8) is 0 Å². The molecule has 2 aromatic rings. The number of aromatic nitrogens is 1. The van der Waals surface area contributed by atoms with E-state index >= 15 is 0 Å². The van der Waals surface area contributed by atoms with Gasteiger partial charge in [0.15, 0.2) is 5.69 Å². The first-order valence-electron chi connectivity index (χ1n) is 4.89. The monoisotopic (exact) mass is 295 g/mol. The van der Waals surface area contributed by atoms with Gasteiger partial charge in [0.05, 0.1) is 5.69 Å². The van der Waals surface area contributed by atoms with Gasteiger partial charge in [0.25, 0.3) is 0 Å². The molecule has 0 aliphatic heterocycles. The Labute approximate surface area is 119 Å². The molecule has 90 valence electrons. The van der Waals surface area contributed by atoms with Crippen molar-refractivity contribution in [2.24, 2.45) is 0 Å². The third kappa shape index (κ3) is 3.08. The largest absolute Gasteiger partial charge is 0.396 e. The Kier molecular flexibility index (Phi) is 3.97. The van der Waals surface area contributed by atoms with Gasteiger partial charge in [-0.1, -0.05) is 35.0 Å². The molecule has 0 aliphatic carbocycles.